The van der Waals surface area contributed by atoms with Gasteiger partial charge in [-0.2, -0.15) is 0 Å². The van der Waals surface area contributed by atoms with Crippen LogP contribution >= 0.6 is 0 Å². The highest BCUT2D eigenvalue weighted by atomic mass is 16.3. The highest BCUT2D eigenvalue weighted by Gasteiger charge is 2.17. The molecule has 3 rings (SSSR count). The number of piperidine rings is 1. The molecule has 0 radical (unpaired) electrons. The Balaban J connectivity index is 1.99. The molecular formula is C15H18N2O. The SMILES string of the molecule is C[C@H]1CCCN(c2ccc3cccc(O)c3n2)C1. The zero-order valence-electron chi connectivity index (χ0n) is 10.6. The molecule has 0 aliphatic carbocycles. The minimum atomic E-state index is 0.263. The predicted octanol–water partition coefficient (Wildman–Crippen LogP) is 3.18. The molecule has 0 spiro atoms. The fourth-order valence-electron chi connectivity index (χ4n) is 2.69. The third-order valence-electron chi connectivity index (χ3n) is 3.67. The summed E-state index contributed by atoms with van der Waals surface area (Å²) in [7, 11) is 0. The van der Waals surface area contributed by atoms with Crippen LogP contribution in [0.2, 0.25) is 0 Å². The summed E-state index contributed by atoms with van der Waals surface area (Å²) < 4.78 is 0. The second-order valence-corrected chi connectivity index (χ2v) is 5.21. The molecule has 1 aromatic heterocycles. The van der Waals surface area contributed by atoms with E-state index in [1.165, 1.54) is 12.8 Å². The van der Waals surface area contributed by atoms with Crippen molar-refractivity contribution >= 4 is 16.7 Å². The smallest absolute Gasteiger partial charge is 0.141 e. The Labute approximate surface area is 107 Å². The number of para-hydroxylation sites is 1. The summed E-state index contributed by atoms with van der Waals surface area (Å²) in [5, 5.41) is 10.9. The largest absolute Gasteiger partial charge is 0.506 e. The van der Waals surface area contributed by atoms with Gasteiger partial charge in [0.25, 0.3) is 0 Å². The van der Waals surface area contributed by atoms with Crippen LogP contribution in [-0.2, 0) is 0 Å². The lowest BCUT2D eigenvalue weighted by molar-refractivity contribution is 0.444. The molecule has 0 unspecified atom stereocenters. The van der Waals surface area contributed by atoms with Crippen molar-refractivity contribution in [3.63, 3.8) is 0 Å². The van der Waals surface area contributed by atoms with Gasteiger partial charge in [0.1, 0.15) is 17.1 Å². The van der Waals surface area contributed by atoms with Gasteiger partial charge in [-0.05, 0) is 37.0 Å². The van der Waals surface area contributed by atoms with Crippen LogP contribution in [0.4, 0.5) is 5.82 Å². The normalized spacial score (nSPS) is 20.3. The number of anilines is 1. The van der Waals surface area contributed by atoms with Crippen LogP contribution in [-0.4, -0.2) is 23.2 Å². The number of fused-ring (bicyclic) bond motifs is 1. The lowest BCUT2D eigenvalue weighted by atomic mass is 10.0. The number of hydrogen-bond donors (Lipinski definition) is 1. The maximum absolute atomic E-state index is 9.86. The summed E-state index contributed by atoms with van der Waals surface area (Å²) >= 11 is 0. The molecule has 1 aliphatic rings. The molecule has 1 aromatic carbocycles. The fraction of sp³-hybridized carbons (Fsp3) is 0.400. The van der Waals surface area contributed by atoms with E-state index in [4.69, 9.17) is 0 Å². The van der Waals surface area contributed by atoms with Crippen molar-refractivity contribution in [1.82, 2.24) is 4.98 Å². The zero-order chi connectivity index (χ0) is 12.5. The van der Waals surface area contributed by atoms with Gasteiger partial charge in [0.15, 0.2) is 0 Å². The second kappa shape index (κ2) is 4.48. The number of phenolic OH excluding ortho intramolecular Hbond substituents is 1. The number of nitrogens with zero attached hydrogens (tertiary/aromatic N) is 2. The number of rotatable bonds is 1. The number of phenols is 1. The van der Waals surface area contributed by atoms with Gasteiger partial charge in [-0.25, -0.2) is 4.98 Å². The standard InChI is InChI=1S/C15H18N2O/c1-11-4-3-9-17(10-11)14-8-7-12-5-2-6-13(18)15(12)16-14/h2,5-8,11,18H,3-4,9-10H2,1H3/t11-/m0/s1. The molecule has 18 heavy (non-hydrogen) atoms. The molecule has 0 bridgehead atoms. The zero-order valence-corrected chi connectivity index (χ0v) is 10.6. The number of pyridine rings is 1. The van der Waals surface area contributed by atoms with E-state index < -0.39 is 0 Å². The van der Waals surface area contributed by atoms with Gasteiger partial charge in [0.05, 0.1) is 0 Å². The molecule has 2 heterocycles. The Morgan fingerprint density at radius 1 is 1.28 bits per heavy atom. The first kappa shape index (κ1) is 11.3. The van der Waals surface area contributed by atoms with E-state index in [1.54, 1.807) is 6.07 Å². The second-order valence-electron chi connectivity index (χ2n) is 5.21. The highest BCUT2D eigenvalue weighted by Crippen LogP contribution is 2.27. The molecule has 2 aromatic rings. The van der Waals surface area contributed by atoms with Crippen molar-refractivity contribution in [3.05, 3.63) is 30.3 Å². The quantitative estimate of drug-likeness (QED) is 0.834. The molecule has 1 fully saturated rings. The Hall–Kier alpha value is -1.77. The van der Waals surface area contributed by atoms with Gasteiger partial charge in [-0.3, -0.25) is 0 Å². The van der Waals surface area contributed by atoms with Crippen molar-refractivity contribution in [2.75, 3.05) is 18.0 Å². The molecule has 0 saturated carbocycles. The van der Waals surface area contributed by atoms with E-state index in [0.717, 1.165) is 30.2 Å². The van der Waals surface area contributed by atoms with E-state index in [-0.39, 0.29) is 5.75 Å². The number of aromatic nitrogens is 1. The lowest BCUT2D eigenvalue weighted by Gasteiger charge is -2.31. The van der Waals surface area contributed by atoms with Crippen LogP contribution in [0, 0.1) is 5.92 Å². The third-order valence-corrected chi connectivity index (χ3v) is 3.67. The van der Waals surface area contributed by atoms with Gasteiger partial charge in [-0.1, -0.05) is 19.1 Å². The Morgan fingerprint density at radius 3 is 3.00 bits per heavy atom. The summed E-state index contributed by atoms with van der Waals surface area (Å²) in [6.45, 7) is 4.41. The number of aromatic hydroxyl groups is 1. The topological polar surface area (TPSA) is 36.4 Å². The summed E-state index contributed by atoms with van der Waals surface area (Å²) in [4.78, 5) is 6.93. The van der Waals surface area contributed by atoms with Crippen LogP contribution < -0.4 is 4.90 Å². The van der Waals surface area contributed by atoms with Gasteiger partial charge in [0.2, 0.25) is 0 Å². The van der Waals surface area contributed by atoms with E-state index in [0.29, 0.717) is 5.52 Å². The first-order valence-electron chi connectivity index (χ1n) is 6.58. The van der Waals surface area contributed by atoms with E-state index >= 15 is 0 Å². The van der Waals surface area contributed by atoms with Crippen LogP contribution in [0.15, 0.2) is 30.3 Å². The van der Waals surface area contributed by atoms with Crippen molar-refractivity contribution < 1.29 is 5.11 Å². The molecule has 1 N–H and O–H groups in total. The van der Waals surface area contributed by atoms with Gasteiger partial charge >= 0.3 is 0 Å². The van der Waals surface area contributed by atoms with Crippen LogP contribution in [0.1, 0.15) is 19.8 Å². The molecular weight excluding hydrogens is 224 g/mol. The molecule has 1 aliphatic heterocycles. The predicted molar refractivity (Wildman–Crippen MR) is 74.0 cm³/mol. The molecule has 0 amide bonds. The molecule has 94 valence electrons. The van der Waals surface area contributed by atoms with Crippen molar-refractivity contribution in [3.8, 4) is 5.75 Å². The number of hydrogen-bond acceptors (Lipinski definition) is 3. The first-order valence-corrected chi connectivity index (χ1v) is 6.58. The summed E-state index contributed by atoms with van der Waals surface area (Å²) in [6, 6.07) is 9.61. The first-order chi connectivity index (χ1) is 8.74. The van der Waals surface area contributed by atoms with Crippen LogP contribution in [0.25, 0.3) is 10.9 Å². The maximum Gasteiger partial charge on any atom is 0.141 e. The van der Waals surface area contributed by atoms with Crippen molar-refractivity contribution in [2.24, 2.45) is 5.92 Å². The number of benzene rings is 1. The average molecular weight is 242 g/mol. The van der Waals surface area contributed by atoms with Crippen molar-refractivity contribution in [2.45, 2.75) is 19.8 Å². The summed E-state index contributed by atoms with van der Waals surface area (Å²) in [6.07, 6.45) is 2.52. The van der Waals surface area contributed by atoms with E-state index in [2.05, 4.69) is 22.9 Å². The Kier molecular flexibility index (Phi) is 2.82. The fourth-order valence-corrected chi connectivity index (χ4v) is 2.69. The van der Waals surface area contributed by atoms with Crippen molar-refractivity contribution in [1.29, 1.82) is 0 Å². The Morgan fingerprint density at radius 2 is 2.17 bits per heavy atom. The minimum Gasteiger partial charge on any atom is -0.506 e. The molecule has 3 nitrogen and oxygen atoms in total. The maximum atomic E-state index is 9.86. The molecule has 1 atom stereocenters. The van der Waals surface area contributed by atoms with Crippen LogP contribution in [0.3, 0.4) is 0 Å². The summed E-state index contributed by atoms with van der Waals surface area (Å²) in [5.74, 6) is 1.97. The van der Waals surface area contributed by atoms with E-state index in [1.807, 2.05) is 18.2 Å². The van der Waals surface area contributed by atoms with E-state index in [9.17, 15) is 5.11 Å². The van der Waals surface area contributed by atoms with Crippen LogP contribution in [0.5, 0.6) is 5.75 Å². The van der Waals surface area contributed by atoms with Gasteiger partial charge in [-0.15, -0.1) is 0 Å². The molecule has 3 heteroatoms. The summed E-state index contributed by atoms with van der Waals surface area (Å²) in [5.41, 5.74) is 0.702. The lowest BCUT2D eigenvalue weighted by Crippen LogP contribution is -2.34. The van der Waals surface area contributed by atoms with Gasteiger partial charge in [0, 0.05) is 18.5 Å². The minimum absolute atomic E-state index is 0.263. The molecule has 1 saturated heterocycles. The Bertz CT molecular complexity index is 567. The highest BCUT2D eigenvalue weighted by molar-refractivity contribution is 5.85. The third kappa shape index (κ3) is 2.01. The monoisotopic (exact) mass is 242 g/mol. The average Bonchev–Trinajstić information content (AvgIpc) is 2.39. The van der Waals surface area contributed by atoms with Gasteiger partial charge < -0.3 is 10.0 Å².